The lowest BCUT2D eigenvalue weighted by Gasteiger charge is -2.27. The van der Waals surface area contributed by atoms with Crippen LogP contribution < -0.4 is 9.64 Å². The van der Waals surface area contributed by atoms with Gasteiger partial charge in [0.1, 0.15) is 0 Å². The number of ether oxygens (including phenoxy) is 1. The van der Waals surface area contributed by atoms with Gasteiger partial charge in [-0.1, -0.05) is 24.3 Å². The lowest BCUT2D eigenvalue weighted by atomic mass is 9.94. The lowest BCUT2D eigenvalue weighted by Crippen LogP contribution is -2.19. The normalized spacial score (nSPS) is 14.8. The van der Waals surface area contributed by atoms with E-state index in [1.807, 2.05) is 30.3 Å². The van der Waals surface area contributed by atoms with Gasteiger partial charge in [0.05, 0.1) is 13.1 Å². The molecule has 3 heterocycles. The number of hydrogen-bond donors (Lipinski definition) is 0. The Morgan fingerprint density at radius 2 is 1.91 bits per heavy atom. The summed E-state index contributed by atoms with van der Waals surface area (Å²) in [5, 5.41) is 0. The third-order valence-corrected chi connectivity index (χ3v) is 5.95. The van der Waals surface area contributed by atoms with Crippen LogP contribution in [0.2, 0.25) is 0 Å². The van der Waals surface area contributed by atoms with Crippen LogP contribution >= 0.6 is 0 Å². The maximum absolute atomic E-state index is 10.6. The van der Waals surface area contributed by atoms with Crippen molar-refractivity contribution in [3.05, 3.63) is 83.3 Å². The molecule has 0 N–H and O–H groups in total. The number of carbonyl (C=O) groups is 1. The Morgan fingerprint density at radius 1 is 1.09 bits per heavy atom. The number of allylic oxidation sites excluding steroid dienone is 1. The molecule has 0 saturated carbocycles. The van der Waals surface area contributed by atoms with Crippen molar-refractivity contribution in [2.75, 3.05) is 18.0 Å². The van der Waals surface area contributed by atoms with Crippen LogP contribution in [-0.4, -0.2) is 30.3 Å². The molecule has 0 radical (unpaired) electrons. The van der Waals surface area contributed by atoms with Gasteiger partial charge in [-0.05, 0) is 48.7 Å². The molecule has 1 aromatic heterocycles. The summed E-state index contributed by atoms with van der Waals surface area (Å²) in [5.74, 6) is 0.271. The fourth-order valence-corrected chi connectivity index (χ4v) is 4.38. The molecular formula is C26H20N4O2. The van der Waals surface area contributed by atoms with E-state index in [2.05, 4.69) is 44.8 Å². The van der Waals surface area contributed by atoms with Crippen molar-refractivity contribution in [3.8, 4) is 17.0 Å². The lowest BCUT2D eigenvalue weighted by molar-refractivity contribution is -0.120. The SMILES string of the molecule is [C-]#[N+]c1ccc(N2CCC3=C(C(C)=NC3)c3ccc(-c4ccc(OC=O)nc4)cc32)cc1. The fourth-order valence-electron chi connectivity index (χ4n) is 4.38. The largest absolute Gasteiger partial charge is 0.410 e. The standard InChI is InChI=1S/C26H20N4O2/c1-17-26-20(15-28-17)11-12-30(22-7-5-21(27-2)6-8-22)24-13-18(3-9-23(24)26)19-4-10-25(29-14-19)32-16-31/h3-10,13-14,16H,11-12,15H2,1H3. The molecule has 3 aromatic rings. The van der Waals surface area contributed by atoms with Gasteiger partial charge in [0.2, 0.25) is 5.88 Å². The maximum Gasteiger partial charge on any atom is 0.299 e. The zero-order valence-electron chi connectivity index (χ0n) is 17.6. The maximum atomic E-state index is 10.6. The van der Waals surface area contributed by atoms with Gasteiger partial charge in [0.15, 0.2) is 5.69 Å². The van der Waals surface area contributed by atoms with Gasteiger partial charge in [0.25, 0.3) is 6.47 Å². The number of fused-ring (bicyclic) bond motifs is 2. The van der Waals surface area contributed by atoms with Crippen LogP contribution in [0.15, 0.2) is 71.4 Å². The van der Waals surface area contributed by atoms with Crippen molar-refractivity contribution in [2.24, 2.45) is 4.99 Å². The molecule has 0 aliphatic carbocycles. The summed E-state index contributed by atoms with van der Waals surface area (Å²) < 4.78 is 4.82. The third-order valence-electron chi connectivity index (χ3n) is 5.95. The molecule has 2 aromatic carbocycles. The first-order chi connectivity index (χ1) is 15.7. The zero-order chi connectivity index (χ0) is 22.1. The van der Waals surface area contributed by atoms with E-state index < -0.39 is 0 Å². The quantitative estimate of drug-likeness (QED) is 0.407. The summed E-state index contributed by atoms with van der Waals surface area (Å²) in [5.41, 5.74) is 9.61. The molecule has 0 fully saturated rings. The minimum Gasteiger partial charge on any atom is -0.410 e. The summed E-state index contributed by atoms with van der Waals surface area (Å²) in [4.78, 5) is 25.3. The van der Waals surface area contributed by atoms with E-state index >= 15 is 0 Å². The molecule has 2 aliphatic rings. The number of rotatable bonds is 4. The number of aromatic nitrogens is 1. The Morgan fingerprint density at radius 3 is 2.62 bits per heavy atom. The van der Waals surface area contributed by atoms with Gasteiger partial charge in [0, 0.05) is 52.6 Å². The van der Waals surface area contributed by atoms with Crippen LogP contribution in [0.3, 0.4) is 0 Å². The van der Waals surface area contributed by atoms with Crippen molar-refractivity contribution >= 4 is 34.8 Å². The number of aliphatic imine (C=N–C) groups is 1. The predicted octanol–water partition coefficient (Wildman–Crippen LogP) is 5.60. The summed E-state index contributed by atoms with van der Waals surface area (Å²) in [6.45, 7) is 11.3. The van der Waals surface area contributed by atoms with Crippen LogP contribution in [0.5, 0.6) is 5.88 Å². The molecule has 2 aliphatic heterocycles. The number of benzene rings is 2. The minimum atomic E-state index is 0.271. The highest BCUT2D eigenvalue weighted by atomic mass is 16.5. The molecule has 0 atom stereocenters. The van der Waals surface area contributed by atoms with Gasteiger partial charge < -0.3 is 9.64 Å². The van der Waals surface area contributed by atoms with E-state index in [9.17, 15) is 4.79 Å². The summed E-state index contributed by atoms with van der Waals surface area (Å²) in [6.07, 6.45) is 2.64. The highest BCUT2D eigenvalue weighted by molar-refractivity contribution is 6.27. The predicted molar refractivity (Wildman–Crippen MR) is 126 cm³/mol. The molecule has 6 heteroatoms. The highest BCUT2D eigenvalue weighted by Crippen LogP contribution is 2.42. The molecule has 0 saturated heterocycles. The Balaban J connectivity index is 1.63. The van der Waals surface area contributed by atoms with E-state index in [0.717, 1.165) is 47.7 Å². The Hall–Kier alpha value is -4.24. The Bertz CT molecular complexity index is 1300. The van der Waals surface area contributed by atoms with Gasteiger partial charge in [-0.15, -0.1) is 0 Å². The molecule has 6 nitrogen and oxygen atoms in total. The molecule has 0 spiro atoms. The van der Waals surface area contributed by atoms with Crippen molar-refractivity contribution < 1.29 is 9.53 Å². The first kappa shape index (κ1) is 19.7. The van der Waals surface area contributed by atoms with Gasteiger partial charge in [-0.3, -0.25) is 9.79 Å². The molecular weight excluding hydrogens is 400 g/mol. The number of nitrogens with zero attached hydrogens (tertiary/aromatic N) is 4. The number of carbonyl (C=O) groups excluding carboxylic acids is 1. The first-order valence-electron chi connectivity index (χ1n) is 10.4. The first-order valence-corrected chi connectivity index (χ1v) is 10.4. The topological polar surface area (TPSA) is 59.2 Å². The van der Waals surface area contributed by atoms with Crippen molar-refractivity contribution in [2.45, 2.75) is 13.3 Å². The molecule has 5 rings (SSSR count). The second kappa shape index (κ2) is 8.12. The number of hydrogen-bond acceptors (Lipinski definition) is 5. The van der Waals surface area contributed by atoms with Gasteiger partial charge in [-0.25, -0.2) is 9.83 Å². The zero-order valence-corrected chi connectivity index (χ0v) is 17.6. The minimum absolute atomic E-state index is 0.271. The van der Waals surface area contributed by atoms with E-state index in [1.54, 1.807) is 12.3 Å². The molecule has 0 unspecified atom stereocenters. The smallest absolute Gasteiger partial charge is 0.299 e. The monoisotopic (exact) mass is 420 g/mol. The van der Waals surface area contributed by atoms with E-state index in [-0.39, 0.29) is 5.88 Å². The highest BCUT2D eigenvalue weighted by Gasteiger charge is 2.27. The van der Waals surface area contributed by atoms with Crippen LogP contribution in [0.1, 0.15) is 18.9 Å². The van der Waals surface area contributed by atoms with E-state index in [1.165, 1.54) is 16.7 Å². The second-order valence-corrected chi connectivity index (χ2v) is 7.74. The van der Waals surface area contributed by atoms with Crippen molar-refractivity contribution in [1.82, 2.24) is 4.98 Å². The average molecular weight is 420 g/mol. The van der Waals surface area contributed by atoms with Crippen molar-refractivity contribution in [1.29, 1.82) is 0 Å². The summed E-state index contributed by atoms with van der Waals surface area (Å²) in [7, 11) is 0. The van der Waals surface area contributed by atoms with Gasteiger partial charge >= 0.3 is 0 Å². The number of anilines is 2. The Kier molecular flexibility index (Phi) is 5.00. The third kappa shape index (κ3) is 3.44. The van der Waals surface area contributed by atoms with Crippen molar-refractivity contribution in [3.63, 3.8) is 0 Å². The van der Waals surface area contributed by atoms with Crippen LogP contribution in [0.25, 0.3) is 21.5 Å². The van der Waals surface area contributed by atoms with E-state index in [0.29, 0.717) is 12.2 Å². The van der Waals surface area contributed by atoms with E-state index in [4.69, 9.17) is 11.3 Å². The molecule has 0 bridgehead atoms. The molecule has 156 valence electrons. The fraction of sp³-hybridized carbons (Fsp3) is 0.154. The second-order valence-electron chi connectivity index (χ2n) is 7.74. The molecule has 0 amide bonds. The average Bonchev–Trinajstić information content (AvgIpc) is 3.11. The van der Waals surface area contributed by atoms with Gasteiger partial charge in [-0.2, -0.15) is 0 Å². The van der Waals surface area contributed by atoms with Crippen LogP contribution in [0.4, 0.5) is 17.1 Å². The van der Waals surface area contributed by atoms with Crippen LogP contribution in [0, 0.1) is 6.57 Å². The van der Waals surface area contributed by atoms with Crippen LogP contribution in [-0.2, 0) is 4.79 Å². The summed E-state index contributed by atoms with van der Waals surface area (Å²) >= 11 is 0. The Labute approximate surface area is 186 Å². The molecule has 32 heavy (non-hydrogen) atoms. The summed E-state index contributed by atoms with van der Waals surface area (Å²) in [6, 6.07) is 17.8. The number of pyridine rings is 1.